The molecule has 1 aliphatic heterocycles. The first kappa shape index (κ1) is 12.7. The Labute approximate surface area is 108 Å². The van der Waals surface area contributed by atoms with Crippen LogP contribution in [0.1, 0.15) is 32.5 Å². The van der Waals surface area contributed by atoms with Crippen molar-refractivity contribution in [2.75, 3.05) is 23.7 Å². The highest BCUT2D eigenvalue weighted by Gasteiger charge is 2.34. The summed E-state index contributed by atoms with van der Waals surface area (Å²) in [6.45, 7) is 8.76. The van der Waals surface area contributed by atoms with Crippen molar-refractivity contribution in [3.63, 3.8) is 0 Å². The zero-order chi connectivity index (χ0) is 12.5. The smallest absolute Gasteiger partial charge is 0.227 e. The molecule has 0 spiro atoms. The van der Waals surface area contributed by atoms with Gasteiger partial charge in [-0.2, -0.15) is 11.8 Å². The van der Waals surface area contributed by atoms with Crippen LogP contribution in [-0.2, 0) is 7.05 Å². The predicted molar refractivity (Wildman–Crippen MR) is 73.7 cm³/mol. The van der Waals surface area contributed by atoms with Crippen LogP contribution in [0, 0.1) is 6.92 Å². The van der Waals surface area contributed by atoms with Gasteiger partial charge in [0.25, 0.3) is 0 Å². The van der Waals surface area contributed by atoms with Crippen molar-refractivity contribution in [2.24, 2.45) is 7.05 Å². The van der Waals surface area contributed by atoms with Gasteiger partial charge in [-0.3, -0.25) is 0 Å². The molecule has 0 amide bonds. The van der Waals surface area contributed by atoms with Crippen LogP contribution in [0.25, 0.3) is 0 Å². The molecular weight excluding hydrogens is 232 g/mol. The number of hydrogen-bond donors (Lipinski definition) is 0. The van der Waals surface area contributed by atoms with E-state index in [-0.39, 0.29) is 0 Å². The molecule has 4 nitrogen and oxygen atoms in total. The van der Waals surface area contributed by atoms with Gasteiger partial charge >= 0.3 is 0 Å². The fraction of sp³-hybridized carbons (Fsp3) is 0.833. The van der Waals surface area contributed by atoms with E-state index in [2.05, 4.69) is 45.3 Å². The first-order chi connectivity index (χ1) is 8.12. The molecule has 1 saturated heterocycles. The standard InChI is InChI=1S/C12H22N4S/c1-5-12(6-2)9-16(7-8-17-12)11-14-13-10(3)15(11)4/h5-9H2,1-4H3. The van der Waals surface area contributed by atoms with Gasteiger partial charge < -0.3 is 9.47 Å². The van der Waals surface area contributed by atoms with E-state index in [9.17, 15) is 0 Å². The van der Waals surface area contributed by atoms with Crippen LogP contribution >= 0.6 is 11.8 Å². The largest absolute Gasteiger partial charge is 0.339 e. The molecule has 0 unspecified atom stereocenters. The average molecular weight is 254 g/mol. The number of thioether (sulfide) groups is 1. The summed E-state index contributed by atoms with van der Waals surface area (Å²) in [4.78, 5) is 2.39. The van der Waals surface area contributed by atoms with Crippen LogP contribution in [0.3, 0.4) is 0 Å². The third kappa shape index (κ3) is 2.30. The normalized spacial score (nSPS) is 19.6. The molecule has 96 valence electrons. The molecule has 0 atom stereocenters. The molecular formula is C12H22N4S. The highest BCUT2D eigenvalue weighted by molar-refractivity contribution is 8.00. The van der Waals surface area contributed by atoms with Gasteiger partial charge in [-0.05, 0) is 19.8 Å². The van der Waals surface area contributed by atoms with Gasteiger partial charge in [-0.25, -0.2) is 0 Å². The molecule has 0 aliphatic carbocycles. The predicted octanol–water partition coefficient (Wildman–Crippen LogP) is 2.24. The van der Waals surface area contributed by atoms with Gasteiger partial charge in [-0.15, -0.1) is 10.2 Å². The molecule has 1 aromatic rings. The quantitative estimate of drug-likeness (QED) is 0.828. The minimum Gasteiger partial charge on any atom is -0.339 e. The number of nitrogens with zero attached hydrogens (tertiary/aromatic N) is 4. The van der Waals surface area contributed by atoms with Crippen LogP contribution < -0.4 is 4.90 Å². The second-order valence-corrected chi connectivity index (χ2v) is 6.33. The van der Waals surface area contributed by atoms with Gasteiger partial charge in [0.05, 0.1) is 0 Å². The van der Waals surface area contributed by atoms with Crippen molar-refractivity contribution in [1.29, 1.82) is 0 Å². The Morgan fingerprint density at radius 3 is 2.53 bits per heavy atom. The Morgan fingerprint density at radius 1 is 1.29 bits per heavy atom. The maximum absolute atomic E-state index is 4.30. The third-order valence-corrected chi connectivity index (χ3v) is 5.60. The maximum Gasteiger partial charge on any atom is 0.227 e. The van der Waals surface area contributed by atoms with Crippen LogP contribution in [0.2, 0.25) is 0 Å². The molecule has 0 N–H and O–H groups in total. The van der Waals surface area contributed by atoms with Gasteiger partial charge in [0.2, 0.25) is 5.95 Å². The van der Waals surface area contributed by atoms with E-state index in [4.69, 9.17) is 0 Å². The lowest BCUT2D eigenvalue weighted by Crippen LogP contribution is -2.47. The zero-order valence-electron chi connectivity index (χ0n) is 11.2. The van der Waals surface area contributed by atoms with Gasteiger partial charge in [-0.1, -0.05) is 13.8 Å². The van der Waals surface area contributed by atoms with E-state index in [0.29, 0.717) is 4.75 Å². The van der Waals surface area contributed by atoms with E-state index in [1.165, 1.54) is 18.6 Å². The number of aromatic nitrogens is 3. The molecule has 2 heterocycles. The van der Waals surface area contributed by atoms with Crippen molar-refractivity contribution < 1.29 is 0 Å². The first-order valence-electron chi connectivity index (χ1n) is 6.37. The van der Waals surface area contributed by atoms with E-state index >= 15 is 0 Å². The van der Waals surface area contributed by atoms with Crippen LogP contribution in [0.5, 0.6) is 0 Å². The summed E-state index contributed by atoms with van der Waals surface area (Å²) in [6.07, 6.45) is 2.45. The van der Waals surface area contributed by atoms with Crippen LogP contribution in [-0.4, -0.2) is 38.4 Å². The maximum atomic E-state index is 4.30. The first-order valence-corrected chi connectivity index (χ1v) is 7.35. The van der Waals surface area contributed by atoms with Crippen LogP contribution in [0.15, 0.2) is 0 Å². The lowest BCUT2D eigenvalue weighted by Gasteiger charge is -2.41. The minimum absolute atomic E-state index is 0.401. The third-order valence-electron chi connectivity index (χ3n) is 3.89. The summed E-state index contributed by atoms with van der Waals surface area (Å²) in [7, 11) is 2.05. The van der Waals surface area contributed by atoms with Gasteiger partial charge in [0.15, 0.2) is 0 Å². The highest BCUT2D eigenvalue weighted by atomic mass is 32.2. The summed E-state index contributed by atoms with van der Waals surface area (Å²) in [5.74, 6) is 3.19. The molecule has 5 heteroatoms. The lowest BCUT2D eigenvalue weighted by molar-refractivity contribution is 0.516. The topological polar surface area (TPSA) is 34.0 Å². The lowest BCUT2D eigenvalue weighted by atomic mass is 10.0. The Kier molecular flexibility index (Phi) is 3.66. The molecule has 0 bridgehead atoms. The summed E-state index contributed by atoms with van der Waals surface area (Å²) >= 11 is 2.12. The molecule has 1 aromatic heterocycles. The molecule has 0 saturated carbocycles. The van der Waals surface area contributed by atoms with Crippen LogP contribution in [0.4, 0.5) is 5.95 Å². The van der Waals surface area contributed by atoms with Crippen molar-refractivity contribution in [3.8, 4) is 0 Å². The molecule has 17 heavy (non-hydrogen) atoms. The van der Waals surface area contributed by atoms with E-state index in [1.807, 2.05) is 14.0 Å². The Balaban J connectivity index is 2.20. The summed E-state index contributed by atoms with van der Waals surface area (Å²) in [5.41, 5.74) is 0. The Hall–Kier alpha value is -0.710. The molecule has 2 rings (SSSR count). The van der Waals surface area contributed by atoms with Crippen molar-refractivity contribution in [2.45, 2.75) is 38.4 Å². The van der Waals surface area contributed by atoms with Crippen molar-refractivity contribution in [3.05, 3.63) is 5.82 Å². The highest BCUT2D eigenvalue weighted by Crippen LogP contribution is 2.37. The Morgan fingerprint density at radius 2 is 2.00 bits per heavy atom. The molecule has 0 aromatic carbocycles. The second kappa shape index (κ2) is 4.88. The summed E-state index contributed by atoms with van der Waals surface area (Å²) < 4.78 is 2.49. The zero-order valence-corrected chi connectivity index (χ0v) is 12.0. The number of anilines is 1. The Bertz CT molecular complexity index is 384. The van der Waals surface area contributed by atoms with Gasteiger partial charge in [0.1, 0.15) is 5.82 Å². The van der Waals surface area contributed by atoms with Crippen molar-refractivity contribution in [1.82, 2.24) is 14.8 Å². The number of rotatable bonds is 3. The number of hydrogen-bond acceptors (Lipinski definition) is 4. The summed E-state index contributed by atoms with van der Waals surface area (Å²) in [6, 6.07) is 0. The fourth-order valence-corrected chi connectivity index (χ4v) is 3.76. The molecule has 1 aliphatic rings. The van der Waals surface area contributed by atoms with E-state index in [1.54, 1.807) is 0 Å². The minimum atomic E-state index is 0.401. The van der Waals surface area contributed by atoms with Gasteiger partial charge in [0, 0.05) is 30.6 Å². The van der Waals surface area contributed by atoms with Crippen molar-refractivity contribution >= 4 is 17.7 Å². The van der Waals surface area contributed by atoms with E-state index < -0.39 is 0 Å². The molecule has 1 fully saturated rings. The SMILES string of the molecule is CCC1(CC)CN(c2nnc(C)n2C)CCS1. The fourth-order valence-electron chi connectivity index (χ4n) is 2.36. The summed E-state index contributed by atoms with van der Waals surface area (Å²) in [5, 5.41) is 8.46. The monoisotopic (exact) mass is 254 g/mol. The second-order valence-electron chi connectivity index (χ2n) is 4.77. The average Bonchev–Trinajstić information content (AvgIpc) is 2.70. The van der Waals surface area contributed by atoms with E-state index in [0.717, 1.165) is 24.9 Å². The number of aryl methyl sites for hydroxylation is 1. The molecule has 0 radical (unpaired) electrons.